The predicted molar refractivity (Wildman–Crippen MR) is 92.8 cm³/mol. The second kappa shape index (κ2) is 14.2. The summed E-state index contributed by atoms with van der Waals surface area (Å²) in [6, 6.07) is 4.12. The van der Waals surface area contributed by atoms with E-state index in [0.717, 1.165) is 43.8 Å². The molecule has 0 saturated heterocycles. The van der Waals surface area contributed by atoms with Gasteiger partial charge in [-0.05, 0) is 36.1 Å². The largest absolute Gasteiger partial charge is 0.454 e. The minimum absolute atomic E-state index is 0. The number of hydrogen-bond donors (Lipinski definition) is 0. The SMILES string of the molecule is CCCCOCCOCCOCc1cc2c(cc1CCC)OCO2.[Pr]. The number of rotatable bonds is 13. The van der Waals surface area contributed by atoms with E-state index in [9.17, 15) is 0 Å². The number of ether oxygens (including phenoxy) is 5. The molecule has 5 nitrogen and oxygen atoms in total. The molecule has 0 aromatic heterocycles. The van der Waals surface area contributed by atoms with E-state index in [2.05, 4.69) is 19.9 Å². The Bertz CT molecular complexity index is 481. The van der Waals surface area contributed by atoms with E-state index in [1.54, 1.807) is 0 Å². The van der Waals surface area contributed by atoms with Crippen LogP contribution in [0.5, 0.6) is 11.5 Å². The topological polar surface area (TPSA) is 46.2 Å². The van der Waals surface area contributed by atoms with Gasteiger partial charge in [0.1, 0.15) is 0 Å². The molecule has 0 bridgehead atoms. The standard InChI is InChI=1S/C19H30O5.Pr/c1-3-5-7-20-8-9-21-10-11-22-14-17-13-19-18(23-15-24-19)12-16(17)6-4-2;/h12-13H,3-11,14-15H2,1-2H3;. The zero-order valence-electron chi connectivity index (χ0n) is 15.6. The maximum absolute atomic E-state index is 5.75. The van der Waals surface area contributed by atoms with E-state index in [0.29, 0.717) is 39.8 Å². The summed E-state index contributed by atoms with van der Waals surface area (Å²) in [5.41, 5.74) is 2.44. The normalized spacial score (nSPS) is 12.2. The second-order valence-corrected chi connectivity index (χ2v) is 5.86. The van der Waals surface area contributed by atoms with Crippen LogP contribution >= 0.6 is 0 Å². The molecule has 1 radical (unpaired) electrons. The van der Waals surface area contributed by atoms with Crippen LogP contribution in [0.3, 0.4) is 0 Å². The fraction of sp³-hybridized carbons (Fsp3) is 0.684. The summed E-state index contributed by atoms with van der Waals surface area (Å²) in [6.07, 6.45) is 4.38. The summed E-state index contributed by atoms with van der Waals surface area (Å²) in [5.74, 6) is 1.66. The number of fused-ring (bicyclic) bond motifs is 1. The Hall–Kier alpha value is 0.0636. The summed E-state index contributed by atoms with van der Waals surface area (Å²) in [5, 5.41) is 0. The van der Waals surface area contributed by atoms with Gasteiger partial charge in [-0.25, -0.2) is 0 Å². The van der Waals surface area contributed by atoms with Crippen LogP contribution in [-0.2, 0) is 27.2 Å². The molecule has 1 aromatic rings. The van der Waals surface area contributed by atoms with E-state index in [1.165, 1.54) is 11.1 Å². The third kappa shape index (κ3) is 8.53. The Labute approximate surface area is 184 Å². The van der Waals surface area contributed by atoms with Gasteiger partial charge in [0.05, 0.1) is 33.0 Å². The van der Waals surface area contributed by atoms with Crippen LogP contribution in [0.15, 0.2) is 12.1 Å². The van der Waals surface area contributed by atoms with Crippen LogP contribution in [0.2, 0.25) is 0 Å². The first-order valence-electron chi connectivity index (χ1n) is 8.99. The molecule has 0 atom stereocenters. The van der Waals surface area contributed by atoms with Gasteiger partial charge in [-0.3, -0.25) is 0 Å². The molecular weight excluding hydrogens is 449 g/mol. The first-order chi connectivity index (χ1) is 11.8. The van der Waals surface area contributed by atoms with Crippen molar-refractivity contribution < 1.29 is 65.0 Å². The van der Waals surface area contributed by atoms with Crippen LogP contribution in [-0.4, -0.2) is 39.8 Å². The van der Waals surface area contributed by atoms with Gasteiger partial charge >= 0.3 is 0 Å². The van der Waals surface area contributed by atoms with E-state index in [4.69, 9.17) is 23.7 Å². The van der Waals surface area contributed by atoms with Crippen molar-refractivity contribution in [2.45, 2.75) is 46.1 Å². The fourth-order valence-corrected chi connectivity index (χ4v) is 2.53. The van der Waals surface area contributed by atoms with Gasteiger partial charge in [-0.15, -0.1) is 0 Å². The third-order valence-corrected chi connectivity index (χ3v) is 3.86. The summed E-state index contributed by atoms with van der Waals surface area (Å²) < 4.78 is 27.6. The van der Waals surface area contributed by atoms with E-state index in [-0.39, 0.29) is 41.3 Å². The molecule has 0 amide bonds. The zero-order chi connectivity index (χ0) is 17.0. The van der Waals surface area contributed by atoms with E-state index < -0.39 is 0 Å². The van der Waals surface area contributed by atoms with Crippen LogP contribution < -0.4 is 9.47 Å². The minimum atomic E-state index is 0. The number of hydrogen-bond acceptors (Lipinski definition) is 5. The quantitative estimate of drug-likeness (QED) is 0.404. The first kappa shape index (κ1) is 23.1. The van der Waals surface area contributed by atoms with Crippen LogP contribution in [0.4, 0.5) is 0 Å². The maximum Gasteiger partial charge on any atom is 0.231 e. The molecule has 0 saturated carbocycles. The van der Waals surface area contributed by atoms with Gasteiger partial charge in [0.25, 0.3) is 0 Å². The number of unbranched alkanes of at least 4 members (excludes halogenated alkanes) is 1. The first-order valence-corrected chi connectivity index (χ1v) is 8.99. The molecular formula is C19H30O5Pr. The molecule has 0 N–H and O–H groups in total. The van der Waals surface area contributed by atoms with Crippen molar-refractivity contribution in [3.63, 3.8) is 0 Å². The summed E-state index contributed by atoms with van der Waals surface area (Å²) in [6.45, 7) is 8.47. The average Bonchev–Trinajstić information content (AvgIpc) is 3.04. The van der Waals surface area contributed by atoms with Crippen molar-refractivity contribution in [3.8, 4) is 11.5 Å². The molecule has 139 valence electrons. The van der Waals surface area contributed by atoms with Gasteiger partial charge in [-0.1, -0.05) is 26.7 Å². The van der Waals surface area contributed by atoms with Gasteiger partial charge in [-0.2, -0.15) is 0 Å². The van der Waals surface area contributed by atoms with Crippen molar-refractivity contribution in [3.05, 3.63) is 23.3 Å². The minimum Gasteiger partial charge on any atom is -0.454 e. The summed E-state index contributed by atoms with van der Waals surface area (Å²) >= 11 is 0. The predicted octanol–water partition coefficient (Wildman–Crippen LogP) is 3.72. The molecule has 0 unspecified atom stereocenters. The Kier molecular flexibility index (Phi) is 13.1. The Morgan fingerprint density at radius 2 is 1.40 bits per heavy atom. The Morgan fingerprint density at radius 3 is 2.04 bits per heavy atom. The van der Waals surface area contributed by atoms with Gasteiger partial charge in [0.2, 0.25) is 6.79 Å². The van der Waals surface area contributed by atoms with E-state index >= 15 is 0 Å². The molecule has 0 fully saturated rings. The molecule has 2 rings (SSSR count). The molecule has 0 spiro atoms. The monoisotopic (exact) mass is 479 g/mol. The molecule has 1 heterocycles. The van der Waals surface area contributed by atoms with Crippen LogP contribution in [0.25, 0.3) is 0 Å². The Morgan fingerprint density at radius 1 is 0.800 bits per heavy atom. The van der Waals surface area contributed by atoms with Gasteiger partial charge in [0.15, 0.2) is 11.5 Å². The molecule has 1 aromatic carbocycles. The second-order valence-electron chi connectivity index (χ2n) is 5.86. The third-order valence-electron chi connectivity index (χ3n) is 3.86. The van der Waals surface area contributed by atoms with Crippen molar-refractivity contribution >= 4 is 0 Å². The molecule has 25 heavy (non-hydrogen) atoms. The fourth-order valence-electron chi connectivity index (χ4n) is 2.53. The van der Waals surface area contributed by atoms with Gasteiger partial charge < -0.3 is 23.7 Å². The molecule has 1 aliphatic rings. The Balaban J connectivity index is 0.00000312. The summed E-state index contributed by atoms with van der Waals surface area (Å²) in [7, 11) is 0. The van der Waals surface area contributed by atoms with Gasteiger partial charge in [0, 0.05) is 47.9 Å². The van der Waals surface area contributed by atoms with Crippen LogP contribution in [0.1, 0.15) is 44.2 Å². The molecule has 0 aliphatic carbocycles. The number of benzene rings is 1. The van der Waals surface area contributed by atoms with Crippen molar-refractivity contribution in [1.82, 2.24) is 0 Å². The van der Waals surface area contributed by atoms with Crippen molar-refractivity contribution in [1.29, 1.82) is 0 Å². The number of aryl methyl sites for hydroxylation is 1. The summed E-state index contributed by atoms with van der Waals surface area (Å²) in [4.78, 5) is 0. The van der Waals surface area contributed by atoms with Crippen LogP contribution in [0, 0.1) is 41.3 Å². The molecule has 1 aliphatic heterocycles. The smallest absolute Gasteiger partial charge is 0.231 e. The van der Waals surface area contributed by atoms with Crippen molar-refractivity contribution in [2.75, 3.05) is 39.8 Å². The molecule has 6 heteroatoms. The zero-order valence-corrected chi connectivity index (χ0v) is 19.3. The average molecular weight is 479 g/mol. The van der Waals surface area contributed by atoms with Crippen molar-refractivity contribution in [2.24, 2.45) is 0 Å². The maximum atomic E-state index is 5.75. The van der Waals surface area contributed by atoms with E-state index in [1.807, 2.05) is 6.07 Å².